The molecule has 0 aliphatic carbocycles. The van der Waals surface area contributed by atoms with Crippen LogP contribution in [0.25, 0.3) is 0 Å². The summed E-state index contributed by atoms with van der Waals surface area (Å²) in [5.41, 5.74) is 0. The number of anilines is 1. The first kappa shape index (κ1) is 9.83. The summed E-state index contributed by atoms with van der Waals surface area (Å²) < 4.78 is 37.2. The van der Waals surface area contributed by atoms with Crippen molar-refractivity contribution in [1.82, 2.24) is 4.98 Å². The van der Waals surface area contributed by atoms with Crippen LogP contribution in [0.15, 0.2) is 11.6 Å². The van der Waals surface area contributed by atoms with Crippen molar-refractivity contribution in [2.45, 2.75) is 12.2 Å². The lowest BCUT2D eigenvalue weighted by Crippen LogP contribution is -2.27. The number of hydrogen-bond donors (Lipinski definition) is 0. The first-order valence-electron chi connectivity index (χ1n) is 4.42. The second kappa shape index (κ2) is 3.45. The Morgan fingerprint density at radius 2 is 2.29 bits per heavy atom. The fourth-order valence-electron chi connectivity index (χ4n) is 1.64. The van der Waals surface area contributed by atoms with E-state index in [9.17, 15) is 12.9 Å². The molecule has 1 unspecified atom stereocenters. The highest BCUT2D eigenvalue weighted by atomic mass is 32.1. The molecule has 0 amide bonds. The third kappa shape index (κ3) is 1.87. The highest BCUT2D eigenvalue weighted by molar-refractivity contribution is 7.13. The van der Waals surface area contributed by atoms with Crippen molar-refractivity contribution in [2.24, 2.45) is 0 Å². The van der Waals surface area contributed by atoms with E-state index in [1.54, 1.807) is 16.5 Å². The molecule has 1 aromatic rings. The summed E-state index contributed by atoms with van der Waals surface area (Å²) in [6.45, 7) is -4.13. The van der Waals surface area contributed by atoms with Crippen LogP contribution in [-0.4, -0.2) is 25.1 Å². The lowest BCUT2D eigenvalue weighted by Gasteiger charge is -2.22. The molecule has 0 saturated carbocycles. The molecule has 1 atom stereocenters. The van der Waals surface area contributed by atoms with Gasteiger partial charge in [0.25, 0.3) is 0 Å². The summed E-state index contributed by atoms with van der Waals surface area (Å²) in [4.78, 5) is 5.71. The fourth-order valence-corrected chi connectivity index (χ4v) is 2.32. The van der Waals surface area contributed by atoms with E-state index < -0.39 is 12.8 Å². The third-order valence-electron chi connectivity index (χ3n) is 2.45. The van der Waals surface area contributed by atoms with Gasteiger partial charge >= 0.3 is 6.98 Å². The number of halogens is 3. The molecule has 1 aliphatic rings. The molecule has 14 heavy (non-hydrogen) atoms. The van der Waals surface area contributed by atoms with Crippen LogP contribution < -0.4 is 4.90 Å². The van der Waals surface area contributed by atoms with E-state index in [0.29, 0.717) is 11.7 Å². The van der Waals surface area contributed by atoms with Gasteiger partial charge in [0, 0.05) is 18.1 Å². The van der Waals surface area contributed by atoms with E-state index >= 15 is 0 Å². The molecule has 1 saturated heterocycles. The van der Waals surface area contributed by atoms with Crippen molar-refractivity contribution < 1.29 is 12.9 Å². The SMILES string of the molecule is F[B-](F)(F)C1CCN(c2nccs2)C1. The maximum Gasteiger partial charge on any atom is 0.483 e. The Morgan fingerprint density at radius 3 is 2.79 bits per heavy atom. The number of aromatic nitrogens is 1. The summed E-state index contributed by atoms with van der Waals surface area (Å²) >= 11 is 1.39. The molecule has 2 heterocycles. The maximum absolute atomic E-state index is 12.4. The van der Waals surface area contributed by atoms with Gasteiger partial charge in [-0.3, -0.25) is 0 Å². The lowest BCUT2D eigenvalue weighted by atomic mass is 9.72. The molecule has 0 radical (unpaired) electrons. The zero-order chi connectivity index (χ0) is 10.2. The zero-order valence-electron chi connectivity index (χ0n) is 7.37. The predicted octanol–water partition coefficient (Wildman–Crippen LogP) is 2.57. The summed E-state index contributed by atoms with van der Waals surface area (Å²) in [6, 6.07) is 0. The molecule has 0 N–H and O–H groups in total. The van der Waals surface area contributed by atoms with Crippen LogP contribution >= 0.6 is 11.3 Å². The van der Waals surface area contributed by atoms with Crippen LogP contribution in [-0.2, 0) is 0 Å². The van der Waals surface area contributed by atoms with Gasteiger partial charge < -0.3 is 17.8 Å². The molecular formula is C7H9BF3N2S-. The second-order valence-electron chi connectivity index (χ2n) is 3.43. The maximum atomic E-state index is 12.4. The minimum Gasteiger partial charge on any atom is -0.449 e. The average Bonchev–Trinajstić information content (AvgIpc) is 2.73. The Balaban J connectivity index is 2.02. The Kier molecular flexibility index (Phi) is 2.42. The standard InChI is InChI=1S/C7H9BF3N2S/c9-8(10,11)6-1-3-13(5-6)7-12-2-4-14-7/h2,4,6H,1,3,5H2/q-1. The molecule has 7 heteroatoms. The largest absolute Gasteiger partial charge is 0.483 e. The molecule has 0 bridgehead atoms. The summed E-state index contributed by atoms with van der Waals surface area (Å²) in [5.74, 6) is -1.13. The Labute approximate surface area is 83.8 Å². The van der Waals surface area contributed by atoms with Gasteiger partial charge in [0.15, 0.2) is 5.13 Å². The van der Waals surface area contributed by atoms with Crippen LogP contribution in [0.1, 0.15) is 6.42 Å². The van der Waals surface area contributed by atoms with Crippen LogP contribution in [0.5, 0.6) is 0 Å². The highest BCUT2D eigenvalue weighted by Crippen LogP contribution is 2.37. The molecule has 2 rings (SSSR count). The minimum absolute atomic E-state index is 0.0804. The van der Waals surface area contributed by atoms with Crippen LogP contribution in [0.2, 0.25) is 5.82 Å². The predicted molar refractivity (Wildman–Crippen MR) is 51.8 cm³/mol. The fraction of sp³-hybridized carbons (Fsp3) is 0.571. The van der Waals surface area contributed by atoms with Crippen LogP contribution in [0.4, 0.5) is 18.1 Å². The van der Waals surface area contributed by atoms with Gasteiger partial charge in [0.05, 0.1) is 0 Å². The van der Waals surface area contributed by atoms with Gasteiger partial charge in [0.1, 0.15) is 0 Å². The van der Waals surface area contributed by atoms with Crippen molar-refractivity contribution in [2.75, 3.05) is 18.0 Å². The van der Waals surface area contributed by atoms with E-state index in [0.717, 1.165) is 0 Å². The van der Waals surface area contributed by atoms with Crippen molar-refractivity contribution in [3.05, 3.63) is 11.6 Å². The quantitative estimate of drug-likeness (QED) is 0.713. The molecule has 1 fully saturated rings. The van der Waals surface area contributed by atoms with Crippen molar-refractivity contribution in [3.63, 3.8) is 0 Å². The Hall–Kier alpha value is -0.715. The van der Waals surface area contributed by atoms with Gasteiger partial charge in [-0.25, -0.2) is 4.98 Å². The van der Waals surface area contributed by atoms with Crippen molar-refractivity contribution in [1.29, 1.82) is 0 Å². The van der Waals surface area contributed by atoms with E-state index in [1.807, 2.05) is 0 Å². The monoisotopic (exact) mass is 221 g/mol. The van der Waals surface area contributed by atoms with Gasteiger partial charge in [-0.15, -0.1) is 11.3 Å². The molecule has 0 spiro atoms. The third-order valence-corrected chi connectivity index (χ3v) is 3.28. The van der Waals surface area contributed by atoms with Crippen molar-refractivity contribution in [3.8, 4) is 0 Å². The number of thiazole rings is 1. The van der Waals surface area contributed by atoms with Gasteiger partial charge in [-0.2, -0.15) is 0 Å². The molecular weight excluding hydrogens is 212 g/mol. The first-order valence-corrected chi connectivity index (χ1v) is 5.30. The van der Waals surface area contributed by atoms with E-state index in [4.69, 9.17) is 0 Å². The van der Waals surface area contributed by atoms with E-state index in [1.165, 1.54) is 11.3 Å². The smallest absolute Gasteiger partial charge is 0.449 e. The van der Waals surface area contributed by atoms with Crippen LogP contribution in [0.3, 0.4) is 0 Å². The highest BCUT2D eigenvalue weighted by Gasteiger charge is 2.39. The first-order chi connectivity index (χ1) is 6.57. The second-order valence-corrected chi connectivity index (χ2v) is 4.31. The Morgan fingerprint density at radius 1 is 1.50 bits per heavy atom. The normalized spacial score (nSPS) is 23.1. The lowest BCUT2D eigenvalue weighted by molar-refractivity contribution is 0.439. The molecule has 0 aromatic carbocycles. The number of rotatable bonds is 2. The van der Waals surface area contributed by atoms with Crippen LogP contribution in [0, 0.1) is 0 Å². The van der Waals surface area contributed by atoms with E-state index in [2.05, 4.69) is 4.98 Å². The topological polar surface area (TPSA) is 16.1 Å². The zero-order valence-corrected chi connectivity index (χ0v) is 8.18. The summed E-state index contributed by atoms with van der Waals surface area (Å²) in [7, 11) is 0. The number of hydrogen-bond acceptors (Lipinski definition) is 3. The van der Waals surface area contributed by atoms with Gasteiger partial charge in [-0.1, -0.05) is 12.2 Å². The Bertz CT molecular complexity index is 300. The summed E-state index contributed by atoms with van der Waals surface area (Å²) in [6.07, 6.45) is 1.83. The van der Waals surface area contributed by atoms with Gasteiger partial charge in [0.2, 0.25) is 0 Å². The molecule has 2 nitrogen and oxygen atoms in total. The molecule has 1 aliphatic heterocycles. The summed E-state index contributed by atoms with van der Waals surface area (Å²) in [5, 5.41) is 2.48. The molecule has 1 aromatic heterocycles. The average molecular weight is 221 g/mol. The van der Waals surface area contributed by atoms with Crippen molar-refractivity contribution >= 4 is 23.4 Å². The number of nitrogens with zero attached hydrogens (tertiary/aromatic N) is 2. The van der Waals surface area contributed by atoms with Gasteiger partial charge in [-0.05, 0) is 6.54 Å². The van der Waals surface area contributed by atoms with E-state index in [-0.39, 0.29) is 13.0 Å². The molecule has 78 valence electrons. The minimum atomic E-state index is -4.68.